The third kappa shape index (κ3) is 2.83. The molecule has 1 aromatic carbocycles. The monoisotopic (exact) mass is 300 g/mol. The van der Waals surface area contributed by atoms with Crippen molar-refractivity contribution in [3.05, 3.63) is 47.8 Å². The van der Waals surface area contributed by atoms with E-state index in [1.165, 1.54) is 10.9 Å². The van der Waals surface area contributed by atoms with E-state index in [4.69, 9.17) is 5.11 Å². The average Bonchev–Trinajstić information content (AvgIpc) is 3.21. The molecule has 0 bridgehead atoms. The normalized spacial score (nSPS) is 15.3. The molecule has 1 aliphatic carbocycles. The van der Waals surface area contributed by atoms with Gasteiger partial charge in [-0.1, -0.05) is 35.5 Å². The Morgan fingerprint density at radius 3 is 2.64 bits per heavy atom. The van der Waals surface area contributed by atoms with Crippen LogP contribution in [0.3, 0.4) is 0 Å². The minimum absolute atomic E-state index is 0.0218. The fraction of sp³-hybridized carbons (Fsp3) is 0.333. The van der Waals surface area contributed by atoms with Crippen LogP contribution in [0.5, 0.6) is 0 Å². The van der Waals surface area contributed by atoms with Crippen molar-refractivity contribution in [3.8, 4) is 0 Å². The lowest BCUT2D eigenvalue weighted by Crippen LogP contribution is -2.34. The highest BCUT2D eigenvalue weighted by atomic mass is 16.4. The molecule has 0 unspecified atom stereocenters. The van der Waals surface area contributed by atoms with Crippen molar-refractivity contribution in [2.45, 2.75) is 31.3 Å². The van der Waals surface area contributed by atoms with Crippen molar-refractivity contribution in [2.24, 2.45) is 0 Å². The number of rotatable bonds is 6. The molecule has 0 atom stereocenters. The summed E-state index contributed by atoms with van der Waals surface area (Å²) >= 11 is 0. The number of amides is 1. The summed E-state index contributed by atoms with van der Waals surface area (Å²) in [5.74, 6) is -1.01. The van der Waals surface area contributed by atoms with Crippen molar-refractivity contribution in [1.82, 2.24) is 20.3 Å². The molecule has 0 spiro atoms. The Morgan fingerprint density at radius 1 is 1.27 bits per heavy atom. The van der Waals surface area contributed by atoms with Crippen LogP contribution in [0.15, 0.2) is 36.5 Å². The van der Waals surface area contributed by atoms with Gasteiger partial charge in [0, 0.05) is 0 Å². The molecule has 0 radical (unpaired) electrons. The molecule has 1 saturated carbocycles. The average molecular weight is 300 g/mol. The molecule has 1 aromatic heterocycles. The fourth-order valence-electron chi connectivity index (χ4n) is 2.50. The van der Waals surface area contributed by atoms with Gasteiger partial charge in [0.15, 0.2) is 0 Å². The van der Waals surface area contributed by atoms with Crippen LogP contribution in [-0.2, 0) is 28.1 Å². The van der Waals surface area contributed by atoms with Crippen molar-refractivity contribution in [3.63, 3.8) is 0 Å². The molecule has 1 amide bonds. The van der Waals surface area contributed by atoms with Gasteiger partial charge in [0.05, 0.1) is 18.2 Å². The van der Waals surface area contributed by atoms with Gasteiger partial charge >= 0.3 is 5.97 Å². The molecular weight excluding hydrogens is 284 g/mol. The van der Waals surface area contributed by atoms with Gasteiger partial charge in [0.25, 0.3) is 0 Å². The van der Waals surface area contributed by atoms with E-state index in [-0.39, 0.29) is 19.0 Å². The van der Waals surface area contributed by atoms with Crippen LogP contribution in [0.2, 0.25) is 0 Å². The zero-order valence-electron chi connectivity index (χ0n) is 11.9. The van der Waals surface area contributed by atoms with Gasteiger partial charge in [-0.3, -0.25) is 9.59 Å². The SMILES string of the molecule is O=C(O)Cn1cc(CNC(=O)C2(c3ccccc3)CC2)nn1. The number of hydrogen-bond acceptors (Lipinski definition) is 4. The van der Waals surface area contributed by atoms with E-state index in [1.54, 1.807) is 0 Å². The number of aliphatic carboxylic acids is 1. The summed E-state index contributed by atoms with van der Waals surface area (Å²) in [5.41, 5.74) is 1.15. The van der Waals surface area contributed by atoms with Crippen LogP contribution < -0.4 is 5.32 Å². The molecule has 1 fully saturated rings. The van der Waals surface area contributed by atoms with Crippen LogP contribution in [0.1, 0.15) is 24.1 Å². The number of aromatic nitrogens is 3. The Morgan fingerprint density at radius 2 is 2.00 bits per heavy atom. The van der Waals surface area contributed by atoms with E-state index < -0.39 is 11.4 Å². The van der Waals surface area contributed by atoms with Crippen LogP contribution in [0.25, 0.3) is 0 Å². The molecule has 1 heterocycles. The van der Waals surface area contributed by atoms with Gasteiger partial charge in [0.2, 0.25) is 5.91 Å². The number of hydrogen-bond donors (Lipinski definition) is 2. The second-order valence-electron chi connectivity index (χ2n) is 5.43. The van der Waals surface area contributed by atoms with Gasteiger partial charge in [-0.25, -0.2) is 4.68 Å². The maximum Gasteiger partial charge on any atom is 0.325 e. The van der Waals surface area contributed by atoms with Gasteiger partial charge in [-0.2, -0.15) is 0 Å². The lowest BCUT2D eigenvalue weighted by atomic mass is 9.95. The molecule has 0 aliphatic heterocycles. The predicted octanol–water partition coefficient (Wildman–Crippen LogP) is 0.711. The fourth-order valence-corrected chi connectivity index (χ4v) is 2.50. The zero-order chi connectivity index (χ0) is 15.6. The van der Waals surface area contributed by atoms with Gasteiger partial charge in [0.1, 0.15) is 12.2 Å². The first-order valence-electron chi connectivity index (χ1n) is 7.05. The van der Waals surface area contributed by atoms with E-state index in [0.29, 0.717) is 5.69 Å². The van der Waals surface area contributed by atoms with E-state index >= 15 is 0 Å². The summed E-state index contributed by atoms with van der Waals surface area (Å²) in [6.45, 7) is 0.00192. The second kappa shape index (κ2) is 5.59. The maximum absolute atomic E-state index is 12.4. The second-order valence-corrected chi connectivity index (χ2v) is 5.43. The maximum atomic E-state index is 12.4. The molecule has 3 rings (SSSR count). The minimum atomic E-state index is -0.985. The van der Waals surface area contributed by atoms with E-state index in [2.05, 4.69) is 15.6 Å². The Kier molecular flexibility index (Phi) is 3.62. The van der Waals surface area contributed by atoms with Crippen LogP contribution >= 0.6 is 0 Å². The minimum Gasteiger partial charge on any atom is -0.480 e. The van der Waals surface area contributed by atoms with Crippen molar-refractivity contribution in [1.29, 1.82) is 0 Å². The standard InChI is InChI=1S/C15H16N4O3/c20-13(21)10-19-9-12(17-18-19)8-16-14(22)15(6-7-15)11-4-2-1-3-5-11/h1-5,9H,6-8,10H2,(H,16,22)(H,20,21). The first-order valence-corrected chi connectivity index (χ1v) is 7.05. The van der Waals surface area contributed by atoms with E-state index in [9.17, 15) is 9.59 Å². The highest BCUT2D eigenvalue weighted by Crippen LogP contribution is 2.48. The summed E-state index contributed by atoms with van der Waals surface area (Å²) < 4.78 is 1.23. The number of benzene rings is 1. The van der Waals surface area contributed by atoms with E-state index in [0.717, 1.165) is 18.4 Å². The molecule has 1 aliphatic rings. The first kappa shape index (κ1) is 14.2. The lowest BCUT2D eigenvalue weighted by molar-refractivity contribution is -0.138. The molecule has 114 valence electrons. The van der Waals surface area contributed by atoms with Crippen molar-refractivity contribution in [2.75, 3.05) is 0 Å². The van der Waals surface area contributed by atoms with Gasteiger partial charge in [-0.15, -0.1) is 5.10 Å². The summed E-state index contributed by atoms with van der Waals surface area (Å²) in [4.78, 5) is 23.0. The Balaban J connectivity index is 1.61. The molecular formula is C15H16N4O3. The number of carboxylic acids is 1. The Hall–Kier alpha value is -2.70. The Labute approximate surface area is 126 Å². The first-order chi connectivity index (χ1) is 10.6. The molecule has 22 heavy (non-hydrogen) atoms. The number of carboxylic acid groups (broad SMARTS) is 1. The van der Waals surface area contributed by atoms with Gasteiger partial charge in [-0.05, 0) is 18.4 Å². The van der Waals surface area contributed by atoms with Gasteiger partial charge < -0.3 is 10.4 Å². The summed E-state index contributed by atoms with van der Waals surface area (Å²) in [6, 6.07) is 9.73. The summed E-state index contributed by atoms with van der Waals surface area (Å²) in [7, 11) is 0. The highest BCUT2D eigenvalue weighted by molar-refractivity contribution is 5.91. The molecule has 7 nitrogen and oxygen atoms in total. The van der Waals surface area contributed by atoms with E-state index in [1.807, 2.05) is 30.3 Å². The summed E-state index contributed by atoms with van der Waals surface area (Å²) in [5, 5.41) is 19.1. The molecule has 7 heteroatoms. The molecule has 2 aromatic rings. The van der Waals surface area contributed by atoms with Crippen LogP contribution in [0, 0.1) is 0 Å². The summed E-state index contributed by atoms with van der Waals surface area (Å²) in [6.07, 6.45) is 3.21. The number of nitrogens with one attached hydrogen (secondary N) is 1. The number of nitrogens with zero attached hydrogens (tertiary/aromatic N) is 3. The number of carbonyl (C=O) groups is 2. The lowest BCUT2D eigenvalue weighted by Gasteiger charge is -2.15. The topological polar surface area (TPSA) is 97.1 Å². The van der Waals surface area contributed by atoms with Crippen molar-refractivity contribution < 1.29 is 14.7 Å². The van der Waals surface area contributed by atoms with Crippen molar-refractivity contribution >= 4 is 11.9 Å². The zero-order valence-corrected chi connectivity index (χ0v) is 11.9. The van der Waals surface area contributed by atoms with Crippen LogP contribution in [-0.4, -0.2) is 32.0 Å². The number of carbonyl (C=O) groups excluding carboxylic acids is 1. The highest BCUT2D eigenvalue weighted by Gasteiger charge is 2.50. The smallest absolute Gasteiger partial charge is 0.325 e. The molecule has 2 N–H and O–H groups in total. The third-order valence-corrected chi connectivity index (χ3v) is 3.82. The largest absolute Gasteiger partial charge is 0.480 e. The Bertz CT molecular complexity index is 692. The quantitative estimate of drug-likeness (QED) is 0.819. The predicted molar refractivity (Wildman–Crippen MR) is 76.9 cm³/mol. The molecule has 0 saturated heterocycles. The van der Waals surface area contributed by atoms with Crippen LogP contribution in [0.4, 0.5) is 0 Å². The third-order valence-electron chi connectivity index (χ3n) is 3.82.